The van der Waals surface area contributed by atoms with Crippen LogP contribution in [0.5, 0.6) is 0 Å². The molecular weight excluding hydrogens is 302 g/mol. The minimum absolute atomic E-state index is 0.146. The zero-order valence-corrected chi connectivity index (χ0v) is 12.1. The van der Waals surface area contributed by atoms with E-state index in [9.17, 15) is 4.79 Å². The van der Waals surface area contributed by atoms with Crippen LogP contribution in [0, 0.1) is 0 Å². The molecule has 1 rings (SSSR count). The number of ether oxygens (including phenoxy) is 2. The van der Waals surface area contributed by atoms with Gasteiger partial charge in [0.2, 0.25) is 0 Å². The largest absolute Gasteiger partial charge is 0.385 e. The van der Waals surface area contributed by atoms with Crippen molar-refractivity contribution in [1.82, 2.24) is 9.78 Å². The molecule has 0 aliphatic heterocycles. The highest BCUT2D eigenvalue weighted by Gasteiger charge is 2.22. The molecule has 102 valence electrons. The molecule has 0 saturated carbocycles. The Labute approximate surface area is 115 Å². The predicted octanol–water partition coefficient (Wildman–Crippen LogP) is 0.838. The molecule has 0 aliphatic carbocycles. The topological polar surface area (TPSA) is 79.4 Å². The lowest BCUT2D eigenvalue weighted by molar-refractivity contribution is 0.0920. The Kier molecular flexibility index (Phi) is 6.48. The van der Waals surface area contributed by atoms with Crippen molar-refractivity contribution in [2.24, 2.45) is 5.73 Å². The number of carbonyl (C=O) groups is 1. The normalized spacial score (nSPS) is 12.7. The monoisotopic (exact) mass is 319 g/mol. The summed E-state index contributed by atoms with van der Waals surface area (Å²) in [4.78, 5) is 12.2. The fourth-order valence-electron chi connectivity index (χ4n) is 1.51. The molecule has 2 N–H and O–H groups in total. The zero-order chi connectivity index (χ0) is 13.5. The van der Waals surface area contributed by atoms with Gasteiger partial charge >= 0.3 is 0 Å². The van der Waals surface area contributed by atoms with Crippen LogP contribution in [-0.2, 0) is 16.0 Å². The molecule has 1 aromatic heterocycles. The third-order valence-corrected chi connectivity index (χ3v) is 3.09. The lowest BCUT2D eigenvalue weighted by Crippen LogP contribution is -2.33. The number of aromatic nitrogens is 2. The lowest BCUT2D eigenvalue weighted by atomic mass is 10.1. The summed E-state index contributed by atoms with van der Waals surface area (Å²) >= 11 is 3.31. The van der Waals surface area contributed by atoms with E-state index in [1.165, 1.54) is 0 Å². The van der Waals surface area contributed by atoms with Crippen molar-refractivity contribution in [1.29, 1.82) is 0 Å². The number of methoxy groups -OCH3 is 2. The van der Waals surface area contributed by atoms with Crippen LogP contribution in [0.1, 0.15) is 16.9 Å². The van der Waals surface area contributed by atoms with Crippen molar-refractivity contribution in [3.05, 3.63) is 16.4 Å². The minimum atomic E-state index is -0.584. The molecule has 1 heterocycles. The Morgan fingerprint density at radius 3 is 2.78 bits per heavy atom. The molecule has 18 heavy (non-hydrogen) atoms. The van der Waals surface area contributed by atoms with Gasteiger partial charge in [-0.05, 0) is 22.4 Å². The molecule has 7 heteroatoms. The Morgan fingerprint density at radius 2 is 2.17 bits per heavy atom. The standard InChI is InChI=1S/C11H18BrN3O3/c1-17-5-3-9(13)11(16)10-8(12)7-14-15(10)4-6-18-2/h7,9H,3-6,13H2,1-2H3. The molecule has 0 radical (unpaired) electrons. The van der Waals surface area contributed by atoms with Crippen LogP contribution < -0.4 is 5.73 Å². The molecule has 6 nitrogen and oxygen atoms in total. The van der Waals surface area contributed by atoms with E-state index in [1.54, 1.807) is 25.1 Å². The number of ketones is 1. The van der Waals surface area contributed by atoms with Gasteiger partial charge in [-0.2, -0.15) is 5.10 Å². The number of Topliss-reactive ketones (excluding diaryl/α,β-unsaturated/α-hetero) is 1. The van der Waals surface area contributed by atoms with Crippen LogP contribution in [0.4, 0.5) is 0 Å². The second kappa shape index (κ2) is 7.63. The number of hydrogen-bond acceptors (Lipinski definition) is 5. The molecule has 0 aromatic carbocycles. The summed E-state index contributed by atoms with van der Waals surface area (Å²) in [6, 6.07) is -0.584. The van der Waals surface area contributed by atoms with Crippen LogP contribution in [0.25, 0.3) is 0 Å². The number of rotatable bonds is 8. The average molecular weight is 320 g/mol. The number of carbonyl (C=O) groups excluding carboxylic acids is 1. The van der Waals surface area contributed by atoms with Crippen LogP contribution in [0.15, 0.2) is 10.7 Å². The van der Waals surface area contributed by atoms with E-state index in [4.69, 9.17) is 15.2 Å². The van der Waals surface area contributed by atoms with Gasteiger partial charge in [0.15, 0.2) is 5.78 Å². The van der Waals surface area contributed by atoms with E-state index in [0.29, 0.717) is 36.3 Å². The molecule has 1 atom stereocenters. The minimum Gasteiger partial charge on any atom is -0.385 e. The summed E-state index contributed by atoms with van der Waals surface area (Å²) in [7, 11) is 3.18. The Morgan fingerprint density at radius 1 is 1.50 bits per heavy atom. The summed E-state index contributed by atoms with van der Waals surface area (Å²) in [5.74, 6) is -0.146. The first kappa shape index (κ1) is 15.3. The van der Waals surface area contributed by atoms with Gasteiger partial charge in [-0.1, -0.05) is 0 Å². The van der Waals surface area contributed by atoms with Gasteiger partial charge < -0.3 is 15.2 Å². The summed E-state index contributed by atoms with van der Waals surface area (Å²) in [6.07, 6.45) is 2.07. The molecule has 0 saturated heterocycles. The lowest BCUT2D eigenvalue weighted by Gasteiger charge is -2.12. The molecule has 1 unspecified atom stereocenters. The van der Waals surface area contributed by atoms with Gasteiger partial charge in [-0.3, -0.25) is 9.48 Å². The number of nitrogens with zero attached hydrogens (tertiary/aromatic N) is 2. The summed E-state index contributed by atoms with van der Waals surface area (Å²) < 4.78 is 12.1. The van der Waals surface area contributed by atoms with Gasteiger partial charge in [0.05, 0.1) is 29.9 Å². The second-order valence-electron chi connectivity index (χ2n) is 3.81. The van der Waals surface area contributed by atoms with E-state index in [-0.39, 0.29) is 5.78 Å². The van der Waals surface area contributed by atoms with Crippen molar-refractivity contribution >= 4 is 21.7 Å². The van der Waals surface area contributed by atoms with Gasteiger partial charge in [-0.15, -0.1) is 0 Å². The van der Waals surface area contributed by atoms with Crippen LogP contribution >= 0.6 is 15.9 Å². The van der Waals surface area contributed by atoms with Crippen molar-refractivity contribution in [3.63, 3.8) is 0 Å². The van der Waals surface area contributed by atoms with Crippen molar-refractivity contribution < 1.29 is 14.3 Å². The van der Waals surface area contributed by atoms with E-state index in [0.717, 1.165) is 0 Å². The number of nitrogens with two attached hydrogens (primary N) is 1. The highest BCUT2D eigenvalue weighted by molar-refractivity contribution is 9.10. The van der Waals surface area contributed by atoms with E-state index in [1.807, 2.05) is 0 Å². The van der Waals surface area contributed by atoms with Crippen molar-refractivity contribution in [3.8, 4) is 0 Å². The summed E-state index contributed by atoms with van der Waals surface area (Å²) in [5, 5.41) is 4.12. The molecule has 0 bridgehead atoms. The van der Waals surface area contributed by atoms with Crippen LogP contribution in [-0.4, -0.2) is 49.0 Å². The highest BCUT2D eigenvalue weighted by Crippen LogP contribution is 2.18. The van der Waals surface area contributed by atoms with E-state index < -0.39 is 6.04 Å². The summed E-state index contributed by atoms with van der Waals surface area (Å²) in [6.45, 7) is 1.46. The first-order chi connectivity index (χ1) is 8.61. The maximum Gasteiger partial charge on any atom is 0.198 e. The molecule has 0 fully saturated rings. The maximum atomic E-state index is 12.2. The number of hydrogen-bond donors (Lipinski definition) is 1. The van der Waals surface area contributed by atoms with E-state index in [2.05, 4.69) is 21.0 Å². The Hall–Kier alpha value is -0.760. The maximum absolute atomic E-state index is 12.2. The van der Waals surface area contributed by atoms with Crippen molar-refractivity contribution in [2.45, 2.75) is 19.0 Å². The highest BCUT2D eigenvalue weighted by atomic mass is 79.9. The molecule has 0 aliphatic rings. The fraction of sp³-hybridized carbons (Fsp3) is 0.636. The van der Waals surface area contributed by atoms with E-state index >= 15 is 0 Å². The van der Waals surface area contributed by atoms with Crippen molar-refractivity contribution in [2.75, 3.05) is 27.4 Å². The molecule has 0 spiro atoms. The first-order valence-electron chi connectivity index (χ1n) is 5.60. The predicted molar refractivity (Wildman–Crippen MR) is 70.6 cm³/mol. The second-order valence-corrected chi connectivity index (χ2v) is 4.66. The molecule has 0 amide bonds. The van der Waals surface area contributed by atoms with Gasteiger partial charge in [0.25, 0.3) is 0 Å². The summed E-state index contributed by atoms with van der Waals surface area (Å²) in [5.41, 5.74) is 6.32. The SMILES string of the molecule is COCCC(N)C(=O)c1c(Br)cnn1CCOC. The average Bonchev–Trinajstić information content (AvgIpc) is 2.73. The quantitative estimate of drug-likeness (QED) is 0.718. The first-order valence-corrected chi connectivity index (χ1v) is 6.40. The van der Waals surface area contributed by atoms with Gasteiger partial charge in [-0.25, -0.2) is 0 Å². The molecular formula is C11H18BrN3O3. The number of halogens is 1. The molecule has 1 aromatic rings. The van der Waals surface area contributed by atoms with Gasteiger partial charge in [0.1, 0.15) is 5.69 Å². The fourth-order valence-corrected chi connectivity index (χ4v) is 2.00. The third-order valence-electron chi connectivity index (χ3n) is 2.51. The van der Waals surface area contributed by atoms with Crippen LogP contribution in [0.3, 0.4) is 0 Å². The Bertz CT molecular complexity index is 395. The van der Waals surface area contributed by atoms with Crippen LogP contribution in [0.2, 0.25) is 0 Å². The smallest absolute Gasteiger partial charge is 0.198 e. The third kappa shape index (κ3) is 3.88. The zero-order valence-electron chi connectivity index (χ0n) is 10.6. The Balaban J connectivity index is 2.80. The van der Waals surface area contributed by atoms with Gasteiger partial charge in [0, 0.05) is 20.8 Å².